The fraction of sp³-hybridized carbons (Fsp3) is 0.300. The highest BCUT2D eigenvalue weighted by Crippen LogP contribution is 2.13. The van der Waals surface area contributed by atoms with Gasteiger partial charge < -0.3 is 4.74 Å². The number of hydrogen-bond acceptors (Lipinski definition) is 3. The molecule has 0 aromatic heterocycles. The molecule has 0 bridgehead atoms. The van der Waals surface area contributed by atoms with Gasteiger partial charge in [-0.3, -0.25) is 10.2 Å². The van der Waals surface area contributed by atoms with Gasteiger partial charge in [0.05, 0.1) is 6.61 Å². The van der Waals surface area contributed by atoms with E-state index >= 15 is 0 Å². The van der Waals surface area contributed by atoms with Crippen molar-refractivity contribution < 1.29 is 9.53 Å². The second-order valence-electron chi connectivity index (χ2n) is 2.97. The average Bonchev–Trinajstić information content (AvgIpc) is 2.26. The van der Waals surface area contributed by atoms with Crippen molar-refractivity contribution in [2.45, 2.75) is 12.8 Å². The summed E-state index contributed by atoms with van der Waals surface area (Å²) in [6, 6.07) is 7.76. The van der Waals surface area contributed by atoms with Crippen LogP contribution in [0.1, 0.15) is 12.8 Å². The number of carbonyl (C=O) groups excluding carboxylic acids is 1. The van der Waals surface area contributed by atoms with Crippen molar-refractivity contribution in [1.82, 2.24) is 5.43 Å². The molecule has 3 N–H and O–H groups in total. The molecule has 0 unspecified atom stereocenters. The van der Waals surface area contributed by atoms with Crippen LogP contribution in [0.25, 0.3) is 0 Å². The zero-order chi connectivity index (χ0) is 11.1. The molecule has 0 fully saturated rings. The van der Waals surface area contributed by atoms with E-state index in [1.54, 1.807) is 0 Å². The zero-order valence-corrected chi connectivity index (χ0v) is 10.4. The van der Waals surface area contributed by atoms with E-state index in [0.29, 0.717) is 19.4 Å². The molecular weight excluding hydrogens is 307 g/mol. The first-order valence-electron chi connectivity index (χ1n) is 4.60. The Hall–Kier alpha value is -0.820. The Morgan fingerprint density at radius 2 is 2.07 bits per heavy atom. The van der Waals surface area contributed by atoms with E-state index in [9.17, 15) is 4.79 Å². The number of carbonyl (C=O) groups is 1. The van der Waals surface area contributed by atoms with Gasteiger partial charge in [0.1, 0.15) is 5.75 Å². The summed E-state index contributed by atoms with van der Waals surface area (Å²) in [5.41, 5.74) is 2.08. The van der Waals surface area contributed by atoms with Crippen molar-refractivity contribution in [2.24, 2.45) is 5.84 Å². The quantitative estimate of drug-likeness (QED) is 0.284. The number of halogens is 1. The maximum Gasteiger partial charge on any atom is 0.234 e. The van der Waals surface area contributed by atoms with E-state index in [1.165, 1.54) is 3.57 Å². The molecule has 5 heteroatoms. The summed E-state index contributed by atoms with van der Waals surface area (Å²) >= 11 is 2.23. The zero-order valence-electron chi connectivity index (χ0n) is 8.20. The predicted octanol–water partition coefficient (Wildman–Crippen LogP) is 1.44. The Bertz CT molecular complexity index is 314. The molecule has 1 rings (SSSR count). The van der Waals surface area contributed by atoms with Gasteiger partial charge in [0.25, 0.3) is 0 Å². The molecule has 0 aliphatic rings. The number of amides is 1. The van der Waals surface area contributed by atoms with Crippen LogP contribution in [-0.2, 0) is 4.79 Å². The predicted molar refractivity (Wildman–Crippen MR) is 66.2 cm³/mol. The first-order chi connectivity index (χ1) is 7.22. The molecule has 0 atom stereocenters. The lowest BCUT2D eigenvalue weighted by atomic mass is 10.3. The lowest BCUT2D eigenvalue weighted by Gasteiger charge is -2.05. The van der Waals surface area contributed by atoms with Crippen LogP contribution < -0.4 is 16.0 Å². The fourth-order valence-electron chi connectivity index (χ4n) is 1.03. The highest BCUT2D eigenvalue weighted by molar-refractivity contribution is 14.1. The molecule has 0 saturated carbocycles. The van der Waals surface area contributed by atoms with E-state index in [-0.39, 0.29) is 5.91 Å². The van der Waals surface area contributed by atoms with Gasteiger partial charge in [0.2, 0.25) is 5.91 Å². The minimum absolute atomic E-state index is 0.166. The summed E-state index contributed by atoms with van der Waals surface area (Å²) < 4.78 is 6.60. The van der Waals surface area contributed by atoms with Crippen LogP contribution in [0, 0.1) is 3.57 Å². The third-order valence-corrected chi connectivity index (χ3v) is 2.51. The molecule has 0 aliphatic heterocycles. The van der Waals surface area contributed by atoms with Crippen LogP contribution in [-0.4, -0.2) is 12.5 Å². The first-order valence-corrected chi connectivity index (χ1v) is 5.68. The molecule has 0 saturated heterocycles. The second kappa shape index (κ2) is 6.62. The Balaban J connectivity index is 2.20. The molecule has 82 valence electrons. The van der Waals surface area contributed by atoms with Gasteiger partial charge in [-0.05, 0) is 53.3 Å². The van der Waals surface area contributed by atoms with Crippen molar-refractivity contribution in [3.8, 4) is 5.75 Å². The summed E-state index contributed by atoms with van der Waals surface area (Å²) in [7, 11) is 0. The lowest BCUT2D eigenvalue weighted by Crippen LogP contribution is -2.29. The van der Waals surface area contributed by atoms with Crippen LogP contribution in [0.15, 0.2) is 24.3 Å². The monoisotopic (exact) mass is 320 g/mol. The van der Waals surface area contributed by atoms with Crippen molar-refractivity contribution in [2.75, 3.05) is 6.61 Å². The Labute approximate surface area is 102 Å². The summed E-state index contributed by atoms with van der Waals surface area (Å²) in [5, 5.41) is 0. The normalized spacial score (nSPS) is 9.73. The van der Waals surface area contributed by atoms with Crippen molar-refractivity contribution >= 4 is 28.5 Å². The van der Waals surface area contributed by atoms with Gasteiger partial charge in [0, 0.05) is 9.99 Å². The molecule has 15 heavy (non-hydrogen) atoms. The summed E-state index contributed by atoms with van der Waals surface area (Å²) in [6.07, 6.45) is 1.05. The molecule has 0 radical (unpaired) electrons. The molecule has 1 amide bonds. The van der Waals surface area contributed by atoms with Gasteiger partial charge >= 0.3 is 0 Å². The molecular formula is C10H13IN2O2. The van der Waals surface area contributed by atoms with Crippen molar-refractivity contribution in [1.29, 1.82) is 0 Å². The Morgan fingerprint density at radius 3 is 2.67 bits per heavy atom. The highest BCUT2D eigenvalue weighted by atomic mass is 127. The van der Waals surface area contributed by atoms with Gasteiger partial charge in [-0.15, -0.1) is 0 Å². The van der Waals surface area contributed by atoms with Crippen molar-refractivity contribution in [3.63, 3.8) is 0 Å². The maximum atomic E-state index is 10.8. The number of ether oxygens (including phenoxy) is 1. The van der Waals surface area contributed by atoms with Gasteiger partial charge in [0.15, 0.2) is 0 Å². The van der Waals surface area contributed by atoms with Crippen molar-refractivity contribution in [3.05, 3.63) is 27.8 Å². The number of nitrogens with two attached hydrogens (primary N) is 1. The van der Waals surface area contributed by atoms with Crippen LogP contribution in [0.3, 0.4) is 0 Å². The first kappa shape index (κ1) is 12.3. The van der Waals surface area contributed by atoms with Gasteiger partial charge in [-0.25, -0.2) is 5.84 Å². The minimum Gasteiger partial charge on any atom is -0.494 e. The van der Waals surface area contributed by atoms with Crippen LogP contribution in [0.2, 0.25) is 0 Å². The van der Waals surface area contributed by atoms with Gasteiger partial charge in [-0.1, -0.05) is 0 Å². The molecule has 1 aromatic carbocycles. The molecule has 4 nitrogen and oxygen atoms in total. The SMILES string of the molecule is NNC(=O)CCCOc1ccc(I)cc1. The Kier molecular flexibility index (Phi) is 5.41. The summed E-state index contributed by atoms with van der Waals surface area (Å²) in [6.45, 7) is 0.522. The number of rotatable bonds is 5. The summed E-state index contributed by atoms with van der Waals surface area (Å²) in [5.74, 6) is 5.60. The van der Waals surface area contributed by atoms with Gasteiger partial charge in [-0.2, -0.15) is 0 Å². The fourth-order valence-corrected chi connectivity index (χ4v) is 1.39. The van der Waals surface area contributed by atoms with E-state index in [1.807, 2.05) is 24.3 Å². The minimum atomic E-state index is -0.166. The van der Waals surface area contributed by atoms with E-state index in [0.717, 1.165) is 5.75 Å². The van der Waals surface area contributed by atoms with E-state index < -0.39 is 0 Å². The Morgan fingerprint density at radius 1 is 1.40 bits per heavy atom. The number of nitrogens with one attached hydrogen (secondary N) is 1. The summed E-state index contributed by atoms with van der Waals surface area (Å²) in [4.78, 5) is 10.8. The number of hydrogen-bond donors (Lipinski definition) is 2. The number of hydrazine groups is 1. The maximum absolute atomic E-state index is 10.8. The van der Waals surface area contributed by atoms with Crippen LogP contribution in [0.5, 0.6) is 5.75 Å². The van der Waals surface area contributed by atoms with E-state index in [4.69, 9.17) is 10.6 Å². The van der Waals surface area contributed by atoms with E-state index in [2.05, 4.69) is 28.0 Å². The third-order valence-electron chi connectivity index (χ3n) is 1.79. The topological polar surface area (TPSA) is 64.3 Å². The van der Waals surface area contributed by atoms with Crippen LogP contribution >= 0.6 is 22.6 Å². The largest absolute Gasteiger partial charge is 0.494 e. The lowest BCUT2D eigenvalue weighted by molar-refractivity contribution is -0.121. The highest BCUT2D eigenvalue weighted by Gasteiger charge is 1.98. The number of benzene rings is 1. The molecule has 0 spiro atoms. The molecule has 0 aliphatic carbocycles. The van der Waals surface area contributed by atoms with Crippen LogP contribution in [0.4, 0.5) is 0 Å². The smallest absolute Gasteiger partial charge is 0.234 e. The second-order valence-corrected chi connectivity index (χ2v) is 4.22. The molecule has 1 aromatic rings. The molecule has 0 heterocycles. The average molecular weight is 320 g/mol. The third kappa shape index (κ3) is 4.98. The standard InChI is InChI=1S/C10H13IN2O2/c11-8-3-5-9(6-4-8)15-7-1-2-10(14)13-12/h3-6H,1-2,7,12H2,(H,13,14).